The molecule has 0 aliphatic heterocycles. The molecule has 94 valence electrons. The van der Waals surface area contributed by atoms with Crippen LogP contribution in [0, 0.1) is 6.92 Å². The van der Waals surface area contributed by atoms with E-state index in [1.165, 1.54) is 0 Å². The second-order valence-electron chi connectivity index (χ2n) is 3.78. The summed E-state index contributed by atoms with van der Waals surface area (Å²) >= 11 is 9.52. The van der Waals surface area contributed by atoms with Gasteiger partial charge in [0.15, 0.2) is 0 Å². The van der Waals surface area contributed by atoms with Crippen LogP contribution in [-0.2, 0) is 4.79 Å². The second kappa shape index (κ2) is 6.87. The molecule has 1 aromatic rings. The first-order valence-corrected chi connectivity index (χ1v) is 6.61. The number of nitrogens with one attached hydrogen (secondary N) is 2. The van der Waals surface area contributed by atoms with Crippen LogP contribution in [0.3, 0.4) is 0 Å². The lowest BCUT2D eigenvalue weighted by Gasteiger charge is -2.10. The first-order valence-electron chi connectivity index (χ1n) is 5.44. The minimum atomic E-state index is 0.0628. The van der Waals surface area contributed by atoms with E-state index in [4.69, 9.17) is 11.6 Å². The van der Waals surface area contributed by atoms with Crippen LogP contribution >= 0.6 is 27.5 Å². The zero-order valence-corrected chi connectivity index (χ0v) is 12.3. The molecule has 0 aliphatic rings. The van der Waals surface area contributed by atoms with Crippen LogP contribution in [-0.4, -0.2) is 19.5 Å². The second-order valence-corrected chi connectivity index (χ2v) is 5.05. The summed E-state index contributed by atoms with van der Waals surface area (Å²) in [6, 6.07) is 3.87. The normalized spacial score (nSPS) is 10.1. The largest absolute Gasteiger partial charge is 0.384 e. The lowest BCUT2D eigenvalue weighted by atomic mass is 10.2. The quantitative estimate of drug-likeness (QED) is 0.817. The number of anilines is 1. The maximum absolute atomic E-state index is 11.0. The average molecular weight is 320 g/mol. The minimum absolute atomic E-state index is 0.0628. The van der Waals surface area contributed by atoms with Crippen molar-refractivity contribution in [3.8, 4) is 0 Å². The van der Waals surface area contributed by atoms with Gasteiger partial charge in [-0.2, -0.15) is 0 Å². The summed E-state index contributed by atoms with van der Waals surface area (Å²) in [5.41, 5.74) is 1.99. The van der Waals surface area contributed by atoms with E-state index in [1.54, 1.807) is 7.05 Å². The Morgan fingerprint density at radius 3 is 2.82 bits per heavy atom. The molecule has 0 saturated heterocycles. The van der Waals surface area contributed by atoms with Crippen molar-refractivity contribution < 1.29 is 4.79 Å². The van der Waals surface area contributed by atoms with E-state index in [2.05, 4.69) is 26.6 Å². The Hall–Kier alpha value is -0.740. The third-order valence-electron chi connectivity index (χ3n) is 2.42. The van der Waals surface area contributed by atoms with Crippen molar-refractivity contribution in [2.75, 3.05) is 18.9 Å². The molecule has 0 spiro atoms. The molecule has 0 fully saturated rings. The molecule has 1 aromatic carbocycles. The summed E-state index contributed by atoms with van der Waals surface area (Å²) in [5, 5.41) is 6.58. The van der Waals surface area contributed by atoms with Crippen LogP contribution in [0.2, 0.25) is 5.02 Å². The van der Waals surface area contributed by atoms with Gasteiger partial charge in [-0.05, 0) is 47.0 Å². The Kier molecular flexibility index (Phi) is 5.78. The van der Waals surface area contributed by atoms with Gasteiger partial charge in [0.1, 0.15) is 0 Å². The molecule has 0 bridgehead atoms. The van der Waals surface area contributed by atoms with Crippen molar-refractivity contribution in [2.24, 2.45) is 0 Å². The van der Waals surface area contributed by atoms with Crippen molar-refractivity contribution >= 4 is 39.1 Å². The summed E-state index contributed by atoms with van der Waals surface area (Å²) in [7, 11) is 1.64. The molecule has 3 nitrogen and oxygen atoms in total. The van der Waals surface area contributed by atoms with Crippen LogP contribution < -0.4 is 10.6 Å². The number of benzene rings is 1. The topological polar surface area (TPSA) is 41.1 Å². The molecule has 1 rings (SSSR count). The third kappa shape index (κ3) is 4.56. The van der Waals surface area contributed by atoms with Gasteiger partial charge in [-0.3, -0.25) is 4.79 Å². The highest BCUT2D eigenvalue weighted by Gasteiger charge is 2.04. The highest BCUT2D eigenvalue weighted by molar-refractivity contribution is 9.10. The van der Waals surface area contributed by atoms with Gasteiger partial charge in [0.25, 0.3) is 0 Å². The molecule has 0 radical (unpaired) electrons. The predicted octanol–water partition coefficient (Wildman–Crippen LogP) is 3.35. The standard InChI is InChI=1S/C12H16BrClN2O/c1-8-6-9(13)11(7-10(8)14)16-5-3-4-12(17)15-2/h6-7,16H,3-5H2,1-2H3,(H,15,17). The smallest absolute Gasteiger partial charge is 0.219 e. The van der Waals surface area contributed by atoms with Crippen molar-refractivity contribution in [2.45, 2.75) is 19.8 Å². The van der Waals surface area contributed by atoms with E-state index in [0.29, 0.717) is 6.42 Å². The Morgan fingerprint density at radius 2 is 2.18 bits per heavy atom. The molecule has 0 heterocycles. The fourth-order valence-electron chi connectivity index (χ4n) is 1.38. The van der Waals surface area contributed by atoms with Crippen molar-refractivity contribution in [3.63, 3.8) is 0 Å². The molecule has 0 unspecified atom stereocenters. The predicted molar refractivity (Wildman–Crippen MR) is 75.7 cm³/mol. The van der Waals surface area contributed by atoms with Gasteiger partial charge in [0.05, 0.1) is 0 Å². The van der Waals surface area contributed by atoms with E-state index in [0.717, 1.165) is 33.7 Å². The molecule has 17 heavy (non-hydrogen) atoms. The van der Waals surface area contributed by atoms with Gasteiger partial charge < -0.3 is 10.6 Å². The van der Waals surface area contributed by atoms with Gasteiger partial charge >= 0.3 is 0 Å². The Balaban J connectivity index is 2.47. The molecule has 0 aromatic heterocycles. The molecule has 1 amide bonds. The maximum atomic E-state index is 11.0. The minimum Gasteiger partial charge on any atom is -0.384 e. The zero-order valence-electron chi connectivity index (χ0n) is 9.94. The van der Waals surface area contributed by atoms with E-state index < -0.39 is 0 Å². The monoisotopic (exact) mass is 318 g/mol. The van der Waals surface area contributed by atoms with Crippen LogP contribution in [0.1, 0.15) is 18.4 Å². The number of carbonyl (C=O) groups excluding carboxylic acids is 1. The van der Waals surface area contributed by atoms with E-state index in [-0.39, 0.29) is 5.91 Å². The van der Waals surface area contributed by atoms with Crippen molar-refractivity contribution in [1.82, 2.24) is 5.32 Å². The summed E-state index contributed by atoms with van der Waals surface area (Å²) in [5.74, 6) is 0.0628. The summed E-state index contributed by atoms with van der Waals surface area (Å²) in [6.45, 7) is 2.70. The van der Waals surface area contributed by atoms with Gasteiger partial charge in [-0.15, -0.1) is 0 Å². The summed E-state index contributed by atoms with van der Waals surface area (Å²) < 4.78 is 0.986. The first-order chi connectivity index (χ1) is 8.04. The highest BCUT2D eigenvalue weighted by Crippen LogP contribution is 2.29. The van der Waals surface area contributed by atoms with E-state index >= 15 is 0 Å². The molecule has 0 atom stereocenters. The number of halogens is 2. The lowest BCUT2D eigenvalue weighted by Crippen LogP contribution is -2.18. The Morgan fingerprint density at radius 1 is 1.47 bits per heavy atom. The van der Waals surface area contributed by atoms with E-state index in [1.807, 2.05) is 19.1 Å². The fraction of sp³-hybridized carbons (Fsp3) is 0.417. The zero-order chi connectivity index (χ0) is 12.8. The molecule has 0 aliphatic carbocycles. The summed E-state index contributed by atoms with van der Waals surface area (Å²) in [4.78, 5) is 11.0. The van der Waals surface area contributed by atoms with E-state index in [9.17, 15) is 4.79 Å². The van der Waals surface area contributed by atoms with Crippen molar-refractivity contribution in [3.05, 3.63) is 27.2 Å². The molecule has 5 heteroatoms. The van der Waals surface area contributed by atoms with Gasteiger partial charge in [-0.25, -0.2) is 0 Å². The SMILES string of the molecule is CNC(=O)CCCNc1cc(Cl)c(C)cc1Br. The Labute approximate surface area is 115 Å². The van der Waals surface area contributed by atoms with Gasteiger partial charge in [-0.1, -0.05) is 11.6 Å². The molecular formula is C12H16BrClN2O. The number of aryl methyl sites for hydroxylation is 1. The molecular weight excluding hydrogens is 304 g/mol. The van der Waals surface area contributed by atoms with Gasteiger partial charge in [0, 0.05) is 35.2 Å². The van der Waals surface area contributed by atoms with Crippen LogP contribution in [0.15, 0.2) is 16.6 Å². The number of hydrogen-bond acceptors (Lipinski definition) is 2. The van der Waals surface area contributed by atoms with Crippen LogP contribution in [0.5, 0.6) is 0 Å². The lowest BCUT2D eigenvalue weighted by molar-refractivity contribution is -0.120. The number of amides is 1. The maximum Gasteiger partial charge on any atom is 0.219 e. The number of carbonyl (C=O) groups is 1. The van der Waals surface area contributed by atoms with Crippen LogP contribution in [0.4, 0.5) is 5.69 Å². The summed E-state index contributed by atoms with van der Waals surface area (Å²) in [6.07, 6.45) is 1.32. The van der Waals surface area contributed by atoms with Gasteiger partial charge in [0.2, 0.25) is 5.91 Å². The molecule has 2 N–H and O–H groups in total. The highest BCUT2D eigenvalue weighted by atomic mass is 79.9. The Bertz CT molecular complexity index is 410. The third-order valence-corrected chi connectivity index (χ3v) is 3.49. The number of rotatable bonds is 5. The first kappa shape index (κ1) is 14.3. The fourth-order valence-corrected chi connectivity index (χ4v) is 2.14. The molecule has 0 saturated carbocycles. The number of hydrogen-bond donors (Lipinski definition) is 2. The van der Waals surface area contributed by atoms with Crippen LogP contribution in [0.25, 0.3) is 0 Å². The average Bonchev–Trinajstić information content (AvgIpc) is 2.30. The van der Waals surface area contributed by atoms with Crippen molar-refractivity contribution in [1.29, 1.82) is 0 Å².